The third-order valence-corrected chi connectivity index (χ3v) is 6.61. The molecule has 0 saturated heterocycles. The maximum Gasteiger partial charge on any atom is 0.174 e. The largest absolute Gasteiger partial charge is 0.338 e. The van der Waals surface area contributed by atoms with Gasteiger partial charge < -0.3 is 10.2 Å². The van der Waals surface area contributed by atoms with Gasteiger partial charge in [0.05, 0.1) is 16.8 Å². The number of nitrogens with one attached hydrogen (secondary N) is 1. The lowest BCUT2D eigenvalue weighted by atomic mass is 9.93. The first-order chi connectivity index (χ1) is 12.1. The molecule has 3 rings (SSSR count). The lowest BCUT2D eigenvalue weighted by Gasteiger charge is -2.40. The fraction of sp³-hybridized carbons (Fsp3) is 0.450. The second-order valence-corrected chi connectivity index (χ2v) is 8.58. The molecule has 2 aromatic rings. The third-order valence-electron chi connectivity index (χ3n) is 4.94. The van der Waals surface area contributed by atoms with Gasteiger partial charge in [0, 0.05) is 10.9 Å². The number of halogens is 1. The summed E-state index contributed by atoms with van der Waals surface area (Å²) in [4.78, 5) is 3.75. The molecule has 0 unspecified atom stereocenters. The molecule has 1 aliphatic rings. The van der Waals surface area contributed by atoms with Crippen LogP contribution in [0.25, 0.3) is 0 Å². The average molecular weight is 393 g/mol. The Morgan fingerprint density at radius 3 is 2.68 bits per heavy atom. The number of anilines is 1. The van der Waals surface area contributed by atoms with E-state index >= 15 is 0 Å². The molecule has 25 heavy (non-hydrogen) atoms. The molecule has 134 valence electrons. The van der Waals surface area contributed by atoms with Crippen LogP contribution in [0.3, 0.4) is 0 Å². The summed E-state index contributed by atoms with van der Waals surface area (Å²) in [6.45, 7) is 4.30. The first-order valence-corrected chi connectivity index (χ1v) is 10.6. The minimum absolute atomic E-state index is 0.271. The highest BCUT2D eigenvalue weighted by atomic mass is 35.5. The molecular weight excluding hydrogens is 368 g/mol. The molecular formula is C20H25ClN2S2. The van der Waals surface area contributed by atoms with Crippen molar-refractivity contribution in [1.29, 1.82) is 0 Å². The van der Waals surface area contributed by atoms with E-state index in [4.69, 9.17) is 23.8 Å². The SMILES string of the molecule is Cc1ccc(NC(=S)N(C2CCCCC2)[C@@H](C)c2cccs2)c(Cl)c1. The van der Waals surface area contributed by atoms with Crippen molar-refractivity contribution in [1.82, 2.24) is 4.90 Å². The Hall–Kier alpha value is -1.10. The number of thiophene rings is 1. The minimum atomic E-state index is 0.271. The van der Waals surface area contributed by atoms with Crippen molar-refractivity contribution >= 4 is 46.0 Å². The van der Waals surface area contributed by atoms with Gasteiger partial charge in [-0.05, 0) is 68.0 Å². The third kappa shape index (κ3) is 4.55. The van der Waals surface area contributed by atoms with Crippen LogP contribution in [-0.2, 0) is 0 Å². The Balaban J connectivity index is 1.83. The highest BCUT2D eigenvalue weighted by molar-refractivity contribution is 7.80. The highest BCUT2D eigenvalue weighted by Gasteiger charge is 2.29. The normalized spacial score (nSPS) is 16.4. The molecule has 0 radical (unpaired) electrons. The van der Waals surface area contributed by atoms with Crippen molar-refractivity contribution < 1.29 is 0 Å². The summed E-state index contributed by atoms with van der Waals surface area (Å²) in [5.74, 6) is 0. The van der Waals surface area contributed by atoms with E-state index < -0.39 is 0 Å². The lowest BCUT2D eigenvalue weighted by molar-refractivity contribution is 0.205. The maximum atomic E-state index is 6.40. The second-order valence-electron chi connectivity index (χ2n) is 6.80. The molecule has 1 aromatic carbocycles. The number of thiocarbonyl (C=S) groups is 1. The number of hydrogen-bond acceptors (Lipinski definition) is 2. The fourth-order valence-corrected chi connectivity index (χ4v) is 5.07. The standard InChI is InChI=1S/C20H25ClN2S2/c1-14-10-11-18(17(21)13-14)22-20(24)23(16-7-4-3-5-8-16)15(2)19-9-6-12-25-19/h6,9-13,15-16H,3-5,7-8H2,1-2H3,(H,22,24)/t15-/m0/s1. The fourth-order valence-electron chi connectivity index (χ4n) is 3.58. The Morgan fingerprint density at radius 1 is 1.28 bits per heavy atom. The molecule has 1 saturated carbocycles. The summed E-state index contributed by atoms with van der Waals surface area (Å²) in [6.07, 6.45) is 6.32. The van der Waals surface area contributed by atoms with E-state index in [9.17, 15) is 0 Å². The molecule has 1 N–H and O–H groups in total. The van der Waals surface area contributed by atoms with Gasteiger partial charge in [0.25, 0.3) is 0 Å². The van der Waals surface area contributed by atoms with E-state index in [0.717, 1.165) is 21.4 Å². The molecule has 1 aromatic heterocycles. The zero-order valence-corrected chi connectivity index (χ0v) is 17.2. The minimum Gasteiger partial charge on any atom is -0.338 e. The van der Waals surface area contributed by atoms with Crippen LogP contribution in [-0.4, -0.2) is 16.1 Å². The molecule has 1 aliphatic carbocycles. The highest BCUT2D eigenvalue weighted by Crippen LogP contribution is 2.33. The van der Waals surface area contributed by atoms with Crippen molar-refractivity contribution in [3.63, 3.8) is 0 Å². The number of benzene rings is 1. The Labute approximate surface area is 165 Å². The molecule has 1 heterocycles. The Kier molecular flexibility index (Phi) is 6.37. The van der Waals surface area contributed by atoms with Crippen LogP contribution in [0, 0.1) is 6.92 Å². The van der Waals surface area contributed by atoms with Crippen molar-refractivity contribution in [2.24, 2.45) is 0 Å². The van der Waals surface area contributed by atoms with E-state index in [1.54, 1.807) is 11.3 Å². The van der Waals surface area contributed by atoms with Crippen LogP contribution < -0.4 is 5.32 Å². The number of aryl methyl sites for hydroxylation is 1. The van der Waals surface area contributed by atoms with Crippen LogP contribution in [0.4, 0.5) is 5.69 Å². The van der Waals surface area contributed by atoms with E-state index in [2.05, 4.69) is 40.7 Å². The Morgan fingerprint density at radius 2 is 2.04 bits per heavy atom. The van der Waals surface area contributed by atoms with Crippen LogP contribution in [0.1, 0.15) is 55.5 Å². The first-order valence-electron chi connectivity index (χ1n) is 8.95. The smallest absolute Gasteiger partial charge is 0.174 e. The van der Waals surface area contributed by atoms with Crippen LogP contribution in [0.15, 0.2) is 35.7 Å². The molecule has 0 aliphatic heterocycles. The summed E-state index contributed by atoms with van der Waals surface area (Å²) in [7, 11) is 0. The molecule has 1 atom stereocenters. The van der Waals surface area contributed by atoms with Crippen molar-refractivity contribution in [2.75, 3.05) is 5.32 Å². The number of rotatable bonds is 4. The maximum absolute atomic E-state index is 6.40. The number of nitrogens with zero attached hydrogens (tertiary/aromatic N) is 1. The predicted octanol–water partition coefficient (Wildman–Crippen LogP) is 6.80. The molecule has 0 spiro atoms. The number of hydrogen-bond donors (Lipinski definition) is 1. The predicted molar refractivity (Wildman–Crippen MR) is 114 cm³/mol. The van der Waals surface area contributed by atoms with Crippen molar-refractivity contribution in [2.45, 2.75) is 58.0 Å². The molecule has 0 bridgehead atoms. The summed E-state index contributed by atoms with van der Waals surface area (Å²) in [5.41, 5.74) is 2.04. The summed E-state index contributed by atoms with van der Waals surface area (Å²) in [6, 6.07) is 11.1. The van der Waals surface area contributed by atoms with Crippen LogP contribution in [0.5, 0.6) is 0 Å². The van der Waals surface area contributed by atoms with E-state index in [1.165, 1.54) is 37.0 Å². The molecule has 2 nitrogen and oxygen atoms in total. The topological polar surface area (TPSA) is 15.3 Å². The van der Waals surface area contributed by atoms with E-state index in [1.807, 2.05) is 19.1 Å². The van der Waals surface area contributed by atoms with Gasteiger partial charge in [-0.2, -0.15) is 0 Å². The molecule has 1 fully saturated rings. The van der Waals surface area contributed by atoms with E-state index in [0.29, 0.717) is 6.04 Å². The Bertz CT molecular complexity index is 708. The van der Waals surface area contributed by atoms with Gasteiger partial charge in [-0.1, -0.05) is 43.0 Å². The van der Waals surface area contributed by atoms with Crippen molar-refractivity contribution in [3.8, 4) is 0 Å². The first kappa shape index (κ1) is 18.7. The van der Waals surface area contributed by atoms with Gasteiger partial charge in [-0.15, -0.1) is 11.3 Å². The lowest BCUT2D eigenvalue weighted by Crippen LogP contribution is -2.45. The van der Waals surface area contributed by atoms with Crippen LogP contribution in [0.2, 0.25) is 5.02 Å². The summed E-state index contributed by atoms with van der Waals surface area (Å²) in [5, 5.41) is 7.04. The quantitative estimate of drug-likeness (QED) is 0.575. The summed E-state index contributed by atoms with van der Waals surface area (Å²) < 4.78 is 0. The zero-order chi connectivity index (χ0) is 17.8. The molecule has 5 heteroatoms. The average Bonchev–Trinajstić information content (AvgIpc) is 3.13. The van der Waals surface area contributed by atoms with Gasteiger partial charge in [0.2, 0.25) is 0 Å². The van der Waals surface area contributed by atoms with Gasteiger partial charge >= 0.3 is 0 Å². The summed E-state index contributed by atoms with van der Waals surface area (Å²) >= 11 is 14.0. The van der Waals surface area contributed by atoms with Gasteiger partial charge in [0.1, 0.15) is 0 Å². The molecule has 0 amide bonds. The van der Waals surface area contributed by atoms with Gasteiger partial charge in [-0.3, -0.25) is 0 Å². The second kappa shape index (κ2) is 8.52. The monoisotopic (exact) mass is 392 g/mol. The van der Waals surface area contributed by atoms with Crippen LogP contribution >= 0.6 is 35.2 Å². The van der Waals surface area contributed by atoms with E-state index in [-0.39, 0.29) is 6.04 Å². The van der Waals surface area contributed by atoms with Gasteiger partial charge in [0.15, 0.2) is 5.11 Å². The van der Waals surface area contributed by atoms with Crippen molar-refractivity contribution in [3.05, 3.63) is 51.2 Å². The zero-order valence-electron chi connectivity index (χ0n) is 14.8. The van der Waals surface area contributed by atoms with Gasteiger partial charge in [-0.25, -0.2) is 0 Å².